The second kappa shape index (κ2) is 12.5. The number of aryl methyl sites for hydroxylation is 2. The quantitative estimate of drug-likeness (QED) is 0.411. The number of halogens is 1. The number of methoxy groups -OCH3 is 1. The third-order valence-electron chi connectivity index (χ3n) is 6.23. The number of hydrogen-bond donors (Lipinski definition) is 2. The van der Waals surface area contributed by atoms with Crippen molar-refractivity contribution in [3.05, 3.63) is 52.5 Å². The Balaban J connectivity index is 1.93. The Hall–Kier alpha value is -3.64. The van der Waals surface area contributed by atoms with Gasteiger partial charge in [0.1, 0.15) is 17.7 Å². The minimum Gasteiger partial charge on any atom is -0.467 e. The number of hydrogen-bond acceptors (Lipinski definition) is 8. The Labute approximate surface area is 244 Å². The predicted molar refractivity (Wildman–Crippen MR) is 153 cm³/mol. The van der Waals surface area contributed by atoms with Crippen molar-refractivity contribution in [2.45, 2.75) is 76.5 Å². The fourth-order valence-electron chi connectivity index (χ4n) is 4.35. The van der Waals surface area contributed by atoms with Gasteiger partial charge in [-0.25, -0.2) is 13.2 Å². The van der Waals surface area contributed by atoms with Crippen LogP contribution in [0, 0.1) is 13.8 Å². The highest BCUT2D eigenvalue weighted by atomic mass is 35.5. The third-order valence-corrected chi connectivity index (χ3v) is 8.61. The number of sulfonamides is 1. The number of amides is 2. The number of carbonyl (C=O) groups excluding carboxylic acids is 4. The number of para-hydroxylation sites is 2. The van der Waals surface area contributed by atoms with E-state index < -0.39 is 57.9 Å². The summed E-state index contributed by atoms with van der Waals surface area (Å²) in [4.78, 5) is 50.9. The van der Waals surface area contributed by atoms with E-state index in [0.29, 0.717) is 16.1 Å². The van der Waals surface area contributed by atoms with Crippen LogP contribution in [0.3, 0.4) is 0 Å². The maximum absolute atomic E-state index is 14.1. The molecule has 1 aliphatic heterocycles. The van der Waals surface area contributed by atoms with E-state index in [0.717, 1.165) is 11.4 Å². The topological polar surface area (TPSA) is 148 Å². The molecule has 1 unspecified atom stereocenters. The Kier molecular flexibility index (Phi) is 9.70. The number of benzene rings is 2. The van der Waals surface area contributed by atoms with Gasteiger partial charge in [0.05, 0.1) is 29.8 Å². The summed E-state index contributed by atoms with van der Waals surface area (Å²) in [6.45, 7) is 8.34. The van der Waals surface area contributed by atoms with Crippen molar-refractivity contribution in [2.75, 3.05) is 16.7 Å². The van der Waals surface area contributed by atoms with Crippen LogP contribution in [0.15, 0.2) is 41.3 Å². The average Bonchev–Trinajstić information content (AvgIpc) is 2.87. The molecule has 13 heteroatoms. The lowest BCUT2D eigenvalue weighted by molar-refractivity contribution is -0.155. The minimum absolute atomic E-state index is 0.0703. The number of carbonyl (C=O) groups is 4. The molecule has 0 fully saturated rings. The van der Waals surface area contributed by atoms with Crippen molar-refractivity contribution in [1.29, 1.82) is 0 Å². The van der Waals surface area contributed by atoms with Crippen LogP contribution in [0.5, 0.6) is 0 Å². The van der Waals surface area contributed by atoms with Crippen LogP contribution in [0.2, 0.25) is 5.02 Å². The Morgan fingerprint density at radius 3 is 2.41 bits per heavy atom. The molecule has 222 valence electrons. The summed E-state index contributed by atoms with van der Waals surface area (Å²) in [6, 6.07) is 6.54. The molecular formula is C28H34ClN3O8S. The largest absolute Gasteiger partial charge is 0.467 e. The molecule has 11 nitrogen and oxygen atoms in total. The summed E-state index contributed by atoms with van der Waals surface area (Å²) >= 11 is 6.19. The first kappa shape index (κ1) is 31.9. The molecule has 0 aliphatic carbocycles. The van der Waals surface area contributed by atoms with Crippen molar-refractivity contribution in [3.8, 4) is 0 Å². The van der Waals surface area contributed by atoms with Crippen molar-refractivity contribution < 1.29 is 37.1 Å². The monoisotopic (exact) mass is 607 g/mol. The van der Waals surface area contributed by atoms with E-state index in [1.54, 1.807) is 52.8 Å². The summed E-state index contributed by atoms with van der Waals surface area (Å²) in [5, 5.41) is 5.52. The van der Waals surface area contributed by atoms with Crippen LogP contribution in [-0.2, 0) is 38.7 Å². The highest BCUT2D eigenvalue weighted by molar-refractivity contribution is 7.93. The fraction of sp³-hybridized carbons (Fsp3) is 0.429. The van der Waals surface area contributed by atoms with Crippen LogP contribution in [0.1, 0.15) is 51.2 Å². The van der Waals surface area contributed by atoms with Gasteiger partial charge in [-0.3, -0.25) is 18.7 Å². The van der Waals surface area contributed by atoms with E-state index in [-0.39, 0.29) is 29.1 Å². The normalized spacial score (nSPS) is 15.8. The molecule has 0 radical (unpaired) electrons. The molecule has 0 aromatic heterocycles. The zero-order chi connectivity index (χ0) is 30.7. The van der Waals surface area contributed by atoms with Crippen molar-refractivity contribution in [1.82, 2.24) is 5.32 Å². The van der Waals surface area contributed by atoms with Gasteiger partial charge in [0.25, 0.3) is 10.0 Å². The molecule has 0 spiro atoms. The zero-order valence-electron chi connectivity index (χ0n) is 23.7. The van der Waals surface area contributed by atoms with Gasteiger partial charge in [-0.05, 0) is 76.4 Å². The maximum atomic E-state index is 14.1. The van der Waals surface area contributed by atoms with Crippen molar-refractivity contribution in [3.63, 3.8) is 0 Å². The van der Waals surface area contributed by atoms with E-state index >= 15 is 0 Å². The summed E-state index contributed by atoms with van der Waals surface area (Å²) in [5.41, 5.74) is 0.574. The van der Waals surface area contributed by atoms with E-state index in [4.69, 9.17) is 21.1 Å². The van der Waals surface area contributed by atoms with Gasteiger partial charge in [0, 0.05) is 11.4 Å². The molecule has 2 amide bonds. The summed E-state index contributed by atoms with van der Waals surface area (Å²) in [6.07, 6.45) is -0.937. The third kappa shape index (κ3) is 7.56. The van der Waals surface area contributed by atoms with Gasteiger partial charge < -0.3 is 20.1 Å². The van der Waals surface area contributed by atoms with Crippen LogP contribution < -0.4 is 14.9 Å². The predicted octanol–water partition coefficient (Wildman–Crippen LogP) is 3.64. The highest BCUT2D eigenvalue weighted by Crippen LogP contribution is 2.38. The van der Waals surface area contributed by atoms with E-state index in [9.17, 15) is 27.6 Å². The van der Waals surface area contributed by atoms with Crippen molar-refractivity contribution in [2.24, 2.45) is 0 Å². The maximum Gasteiger partial charge on any atom is 0.328 e. The molecule has 0 bridgehead atoms. The molecule has 2 aromatic rings. The number of ether oxygens (including phenoxy) is 2. The Morgan fingerprint density at radius 1 is 1.12 bits per heavy atom. The van der Waals surface area contributed by atoms with Gasteiger partial charge in [-0.2, -0.15) is 0 Å². The standard InChI is InChI=1S/C28H34ClN3O8S/c1-16-14-23(17(2)13-18(16)29)41(37,38)32-21-10-8-7-9-19(21)31-26(35)22(32)15-24(33)30-20(27(36)39-6)11-12-25(34)40-28(3,4)5/h7-10,13-14,20,22H,11-12,15H2,1-6H3,(H,30,33)(H,31,35)/t20?,22-/m1/s1. The van der Waals surface area contributed by atoms with E-state index in [2.05, 4.69) is 10.6 Å². The molecule has 0 saturated heterocycles. The zero-order valence-corrected chi connectivity index (χ0v) is 25.3. The molecule has 2 atom stereocenters. The molecule has 2 N–H and O–H groups in total. The molecule has 0 saturated carbocycles. The van der Waals surface area contributed by atoms with Crippen LogP contribution >= 0.6 is 11.6 Å². The lowest BCUT2D eigenvalue weighted by Gasteiger charge is -2.37. The fourth-order valence-corrected chi connectivity index (χ4v) is 6.49. The highest BCUT2D eigenvalue weighted by Gasteiger charge is 2.43. The van der Waals surface area contributed by atoms with Gasteiger partial charge in [0.15, 0.2) is 0 Å². The van der Waals surface area contributed by atoms with E-state index in [1.165, 1.54) is 18.2 Å². The Morgan fingerprint density at radius 2 is 1.78 bits per heavy atom. The first-order chi connectivity index (χ1) is 19.0. The first-order valence-electron chi connectivity index (χ1n) is 12.8. The number of esters is 2. The van der Waals surface area contributed by atoms with E-state index in [1.807, 2.05) is 0 Å². The van der Waals surface area contributed by atoms with Crippen LogP contribution in [0.25, 0.3) is 0 Å². The number of nitrogens with zero attached hydrogens (tertiary/aromatic N) is 1. The van der Waals surface area contributed by atoms with Gasteiger partial charge in [-0.15, -0.1) is 0 Å². The number of rotatable bonds is 9. The summed E-state index contributed by atoms with van der Waals surface area (Å²) in [5.74, 6) is -2.91. The van der Waals surface area contributed by atoms with Gasteiger partial charge >= 0.3 is 11.9 Å². The summed E-state index contributed by atoms with van der Waals surface area (Å²) < 4.78 is 39.1. The molecule has 2 aromatic carbocycles. The number of nitrogens with one attached hydrogen (secondary N) is 2. The van der Waals surface area contributed by atoms with Crippen molar-refractivity contribution >= 4 is 56.8 Å². The SMILES string of the molecule is COC(=O)C(CCC(=O)OC(C)(C)C)NC(=O)C[C@@H]1C(=O)Nc2ccccc2N1S(=O)(=O)c1cc(C)c(Cl)cc1C. The molecule has 41 heavy (non-hydrogen) atoms. The molecular weight excluding hydrogens is 574 g/mol. The molecule has 3 rings (SSSR count). The minimum atomic E-state index is -4.38. The molecule has 1 heterocycles. The molecule has 1 aliphatic rings. The Bertz CT molecular complexity index is 1470. The van der Waals surface area contributed by atoms with Crippen LogP contribution in [0.4, 0.5) is 11.4 Å². The van der Waals surface area contributed by atoms with Gasteiger partial charge in [-0.1, -0.05) is 23.7 Å². The smallest absolute Gasteiger partial charge is 0.328 e. The lowest BCUT2D eigenvalue weighted by Crippen LogP contribution is -2.54. The van der Waals surface area contributed by atoms with Gasteiger partial charge in [0.2, 0.25) is 11.8 Å². The number of fused-ring (bicyclic) bond motifs is 1. The lowest BCUT2D eigenvalue weighted by atomic mass is 10.1. The summed E-state index contributed by atoms with van der Waals surface area (Å²) in [7, 11) is -3.25. The first-order valence-corrected chi connectivity index (χ1v) is 14.7. The van der Waals surface area contributed by atoms with Crippen LogP contribution in [-0.4, -0.2) is 57.0 Å². The second-order valence-electron chi connectivity index (χ2n) is 10.7. The average molecular weight is 608 g/mol. The number of anilines is 2. The second-order valence-corrected chi connectivity index (χ2v) is 12.9.